The van der Waals surface area contributed by atoms with Crippen LogP contribution in [-0.4, -0.2) is 11.1 Å². The summed E-state index contributed by atoms with van der Waals surface area (Å²) in [6.45, 7) is 1.45. The molecule has 0 saturated heterocycles. The molecule has 1 N–H and O–H groups in total. The minimum Gasteiger partial charge on any atom is -0.479 e. The molecule has 0 spiro atoms. The van der Waals surface area contributed by atoms with Gasteiger partial charge in [0.15, 0.2) is 5.75 Å². The minimum atomic E-state index is -1.56. The predicted molar refractivity (Wildman–Crippen MR) is 69.6 cm³/mol. The van der Waals surface area contributed by atoms with E-state index in [2.05, 4.69) is 0 Å². The standard InChI is InChI=1S/C15H14O4/c1-15(14(16)17,12-8-4-2-5-9-12)19-18-13-10-6-3-7-11-13/h2-11H,1H3,(H,16,17). The summed E-state index contributed by atoms with van der Waals surface area (Å²) in [5, 5.41) is 9.36. The van der Waals surface area contributed by atoms with Gasteiger partial charge in [-0.05, 0) is 24.6 Å². The van der Waals surface area contributed by atoms with Gasteiger partial charge in [0.25, 0.3) is 0 Å². The maximum Gasteiger partial charge on any atom is 0.344 e. The van der Waals surface area contributed by atoms with Gasteiger partial charge in [0.1, 0.15) is 0 Å². The summed E-state index contributed by atoms with van der Waals surface area (Å²) < 4.78 is 0. The molecule has 0 radical (unpaired) electrons. The van der Waals surface area contributed by atoms with Gasteiger partial charge < -0.3 is 9.99 Å². The van der Waals surface area contributed by atoms with E-state index in [0.717, 1.165) is 0 Å². The first-order valence-electron chi connectivity index (χ1n) is 5.82. The number of hydrogen-bond acceptors (Lipinski definition) is 3. The fourth-order valence-corrected chi connectivity index (χ4v) is 1.57. The number of carbonyl (C=O) groups is 1. The zero-order valence-corrected chi connectivity index (χ0v) is 10.4. The normalized spacial score (nSPS) is 13.5. The summed E-state index contributed by atoms with van der Waals surface area (Å²) in [7, 11) is 0. The van der Waals surface area contributed by atoms with E-state index < -0.39 is 11.6 Å². The molecule has 0 aromatic heterocycles. The molecular weight excluding hydrogens is 244 g/mol. The van der Waals surface area contributed by atoms with Gasteiger partial charge in [-0.1, -0.05) is 48.5 Å². The Morgan fingerprint density at radius 2 is 1.53 bits per heavy atom. The number of carboxylic acids is 1. The second-order valence-corrected chi connectivity index (χ2v) is 4.18. The zero-order chi connectivity index (χ0) is 13.7. The molecule has 2 rings (SSSR count). The summed E-state index contributed by atoms with van der Waals surface area (Å²) in [4.78, 5) is 21.7. The minimum absolute atomic E-state index is 0.450. The number of rotatable bonds is 5. The van der Waals surface area contributed by atoms with Gasteiger partial charge in [-0.3, -0.25) is 0 Å². The summed E-state index contributed by atoms with van der Waals surface area (Å²) >= 11 is 0. The third-order valence-electron chi connectivity index (χ3n) is 2.78. The molecule has 2 aromatic rings. The quantitative estimate of drug-likeness (QED) is 0.661. The monoisotopic (exact) mass is 258 g/mol. The van der Waals surface area contributed by atoms with Gasteiger partial charge >= 0.3 is 5.97 Å². The van der Waals surface area contributed by atoms with Gasteiger partial charge in [-0.2, -0.15) is 4.89 Å². The molecule has 1 atom stereocenters. The molecule has 2 aromatic carbocycles. The summed E-state index contributed by atoms with van der Waals surface area (Å²) in [6.07, 6.45) is 0. The molecular formula is C15H14O4. The largest absolute Gasteiger partial charge is 0.479 e. The van der Waals surface area contributed by atoms with Crippen molar-refractivity contribution in [1.82, 2.24) is 0 Å². The van der Waals surface area contributed by atoms with Crippen molar-refractivity contribution in [3.8, 4) is 5.75 Å². The van der Waals surface area contributed by atoms with Gasteiger partial charge in [0.2, 0.25) is 5.60 Å². The number of para-hydroxylation sites is 1. The van der Waals surface area contributed by atoms with E-state index in [-0.39, 0.29) is 0 Å². The fraction of sp³-hybridized carbons (Fsp3) is 0.133. The second-order valence-electron chi connectivity index (χ2n) is 4.18. The van der Waals surface area contributed by atoms with Crippen molar-refractivity contribution in [3.05, 3.63) is 66.2 Å². The van der Waals surface area contributed by atoms with Crippen LogP contribution in [0.2, 0.25) is 0 Å². The highest BCUT2D eigenvalue weighted by Gasteiger charge is 2.39. The third-order valence-corrected chi connectivity index (χ3v) is 2.78. The Morgan fingerprint density at radius 3 is 2.05 bits per heavy atom. The molecule has 0 aliphatic carbocycles. The van der Waals surface area contributed by atoms with E-state index >= 15 is 0 Å². The van der Waals surface area contributed by atoms with Gasteiger partial charge in [0.05, 0.1) is 0 Å². The lowest BCUT2D eigenvalue weighted by molar-refractivity contribution is -0.288. The smallest absolute Gasteiger partial charge is 0.344 e. The van der Waals surface area contributed by atoms with Crippen LogP contribution in [0.15, 0.2) is 60.7 Å². The molecule has 0 aliphatic rings. The Morgan fingerprint density at radius 1 is 1.00 bits per heavy atom. The number of benzene rings is 2. The van der Waals surface area contributed by atoms with E-state index in [1.165, 1.54) is 6.92 Å². The Kier molecular flexibility index (Phi) is 3.82. The Hall–Kier alpha value is -2.33. The summed E-state index contributed by atoms with van der Waals surface area (Å²) in [5.74, 6) is -0.666. The molecule has 0 saturated carbocycles. The highest BCUT2D eigenvalue weighted by atomic mass is 17.2. The Bertz CT molecular complexity index is 539. The van der Waals surface area contributed by atoms with Crippen molar-refractivity contribution in [3.63, 3.8) is 0 Å². The molecule has 0 heterocycles. The lowest BCUT2D eigenvalue weighted by atomic mass is 9.96. The third kappa shape index (κ3) is 2.92. The molecule has 1 unspecified atom stereocenters. The van der Waals surface area contributed by atoms with Crippen molar-refractivity contribution in [2.24, 2.45) is 0 Å². The maximum absolute atomic E-state index is 11.4. The first-order valence-corrected chi connectivity index (χ1v) is 5.82. The van der Waals surface area contributed by atoms with Crippen LogP contribution in [0.5, 0.6) is 5.75 Å². The van der Waals surface area contributed by atoms with Crippen LogP contribution in [0.1, 0.15) is 12.5 Å². The number of carboxylic acid groups (broad SMARTS) is 1. The Balaban J connectivity index is 2.19. The van der Waals surface area contributed by atoms with Crippen LogP contribution >= 0.6 is 0 Å². The van der Waals surface area contributed by atoms with Crippen molar-refractivity contribution in [1.29, 1.82) is 0 Å². The average Bonchev–Trinajstić information content (AvgIpc) is 2.46. The predicted octanol–water partition coefficient (Wildman–Crippen LogP) is 3.00. The van der Waals surface area contributed by atoms with Gasteiger partial charge in [-0.15, -0.1) is 0 Å². The summed E-state index contributed by atoms with van der Waals surface area (Å²) in [5.41, 5.74) is -1.05. The molecule has 19 heavy (non-hydrogen) atoms. The second kappa shape index (κ2) is 5.54. The fourth-order valence-electron chi connectivity index (χ4n) is 1.57. The lowest BCUT2D eigenvalue weighted by Gasteiger charge is -2.23. The molecule has 0 bridgehead atoms. The van der Waals surface area contributed by atoms with Crippen LogP contribution < -0.4 is 4.89 Å². The first-order chi connectivity index (χ1) is 9.13. The van der Waals surface area contributed by atoms with Crippen LogP contribution in [0.3, 0.4) is 0 Å². The van der Waals surface area contributed by atoms with E-state index in [4.69, 9.17) is 9.78 Å². The molecule has 4 nitrogen and oxygen atoms in total. The van der Waals surface area contributed by atoms with Crippen molar-refractivity contribution in [2.45, 2.75) is 12.5 Å². The molecule has 4 heteroatoms. The van der Waals surface area contributed by atoms with E-state index in [1.807, 2.05) is 12.1 Å². The lowest BCUT2D eigenvalue weighted by Crippen LogP contribution is -2.36. The SMILES string of the molecule is CC(OOc1ccccc1)(C(=O)O)c1ccccc1. The van der Waals surface area contributed by atoms with Gasteiger partial charge in [0, 0.05) is 0 Å². The topological polar surface area (TPSA) is 55.8 Å². The number of aliphatic carboxylic acids is 1. The van der Waals surface area contributed by atoms with Crippen LogP contribution in [0, 0.1) is 0 Å². The highest BCUT2D eigenvalue weighted by molar-refractivity contribution is 5.78. The maximum atomic E-state index is 11.4. The zero-order valence-electron chi connectivity index (χ0n) is 10.4. The van der Waals surface area contributed by atoms with Crippen molar-refractivity contribution in [2.75, 3.05) is 0 Å². The molecule has 0 fully saturated rings. The van der Waals surface area contributed by atoms with E-state index in [1.54, 1.807) is 48.5 Å². The first kappa shape index (κ1) is 13.1. The summed E-state index contributed by atoms with van der Waals surface area (Å²) in [6, 6.07) is 17.4. The van der Waals surface area contributed by atoms with Crippen LogP contribution in [-0.2, 0) is 15.3 Å². The van der Waals surface area contributed by atoms with Crippen molar-refractivity contribution < 1.29 is 19.7 Å². The van der Waals surface area contributed by atoms with E-state index in [0.29, 0.717) is 11.3 Å². The van der Waals surface area contributed by atoms with E-state index in [9.17, 15) is 9.90 Å². The van der Waals surface area contributed by atoms with Gasteiger partial charge in [-0.25, -0.2) is 4.79 Å². The number of hydrogen-bond donors (Lipinski definition) is 1. The molecule has 0 aliphatic heterocycles. The molecule has 0 amide bonds. The highest BCUT2D eigenvalue weighted by Crippen LogP contribution is 2.26. The Labute approximate surface area is 111 Å². The van der Waals surface area contributed by atoms with Crippen LogP contribution in [0.4, 0.5) is 0 Å². The van der Waals surface area contributed by atoms with Crippen molar-refractivity contribution >= 4 is 5.97 Å². The molecule has 98 valence electrons. The van der Waals surface area contributed by atoms with Crippen LogP contribution in [0.25, 0.3) is 0 Å². The average molecular weight is 258 g/mol.